The number of pyridine rings is 1. The molecule has 0 aromatic carbocycles. The van der Waals surface area contributed by atoms with Crippen LogP contribution in [0.15, 0.2) is 27.4 Å². The van der Waals surface area contributed by atoms with E-state index in [1.165, 1.54) is 14.9 Å². The first-order valence-corrected chi connectivity index (χ1v) is 8.88. The Morgan fingerprint density at radius 3 is 2.81 bits per heavy atom. The second-order valence-corrected chi connectivity index (χ2v) is 7.50. The number of anilines is 1. The van der Waals surface area contributed by atoms with Crippen LogP contribution in [0, 0.1) is 6.92 Å². The lowest BCUT2D eigenvalue weighted by Crippen LogP contribution is -2.19. The van der Waals surface area contributed by atoms with Crippen LogP contribution in [0.2, 0.25) is 0 Å². The third-order valence-corrected chi connectivity index (χ3v) is 4.91. The van der Waals surface area contributed by atoms with Gasteiger partial charge in [-0.05, 0) is 64.5 Å². The molecular weight excluding hydrogens is 346 g/mol. The third kappa shape index (κ3) is 4.80. The van der Waals surface area contributed by atoms with Gasteiger partial charge in [0.15, 0.2) is 0 Å². The summed E-state index contributed by atoms with van der Waals surface area (Å²) in [6, 6.07) is 6.45. The maximum Gasteiger partial charge on any atom is 0.128 e. The molecule has 0 saturated carbocycles. The van der Waals surface area contributed by atoms with Gasteiger partial charge in [0.25, 0.3) is 0 Å². The molecule has 21 heavy (non-hydrogen) atoms. The normalized spacial score (nSPS) is 10.9. The summed E-state index contributed by atoms with van der Waals surface area (Å²) < 4.78 is 1.17. The molecule has 0 spiro atoms. The van der Waals surface area contributed by atoms with E-state index in [0.29, 0.717) is 0 Å². The van der Waals surface area contributed by atoms with Gasteiger partial charge in [0, 0.05) is 25.8 Å². The molecule has 0 atom stereocenters. The zero-order chi connectivity index (χ0) is 15.2. The first-order chi connectivity index (χ1) is 10.1. The van der Waals surface area contributed by atoms with Crippen molar-refractivity contribution in [2.45, 2.75) is 33.4 Å². The number of nitrogens with one attached hydrogen (secondary N) is 1. The molecule has 2 aromatic rings. The van der Waals surface area contributed by atoms with E-state index in [-0.39, 0.29) is 0 Å². The van der Waals surface area contributed by atoms with E-state index in [1.807, 2.05) is 0 Å². The van der Waals surface area contributed by atoms with Gasteiger partial charge in [0.05, 0.1) is 3.79 Å². The fourth-order valence-corrected chi connectivity index (χ4v) is 3.36. The van der Waals surface area contributed by atoms with Crippen molar-refractivity contribution in [2.75, 3.05) is 18.5 Å². The lowest BCUT2D eigenvalue weighted by molar-refractivity contribution is 0.670. The van der Waals surface area contributed by atoms with Gasteiger partial charge in [-0.1, -0.05) is 13.0 Å². The average Bonchev–Trinajstić information content (AvgIpc) is 2.86. The van der Waals surface area contributed by atoms with Crippen molar-refractivity contribution in [3.8, 4) is 0 Å². The predicted octanol–water partition coefficient (Wildman–Crippen LogP) is 4.35. The lowest BCUT2D eigenvalue weighted by atomic mass is 10.2. The molecule has 0 aliphatic rings. The molecule has 1 N–H and O–H groups in total. The highest BCUT2D eigenvalue weighted by Crippen LogP contribution is 2.23. The predicted molar refractivity (Wildman–Crippen MR) is 95.1 cm³/mol. The van der Waals surface area contributed by atoms with E-state index in [9.17, 15) is 0 Å². The molecule has 0 amide bonds. The van der Waals surface area contributed by atoms with Gasteiger partial charge in [0.2, 0.25) is 0 Å². The molecule has 3 nitrogen and oxygen atoms in total. The monoisotopic (exact) mass is 367 g/mol. The Morgan fingerprint density at radius 1 is 1.38 bits per heavy atom. The second kappa shape index (κ2) is 7.92. The molecule has 0 radical (unpaired) electrons. The van der Waals surface area contributed by atoms with Gasteiger partial charge in [0.1, 0.15) is 5.82 Å². The lowest BCUT2D eigenvalue weighted by Gasteiger charge is -2.19. The van der Waals surface area contributed by atoms with Crippen LogP contribution >= 0.6 is 27.3 Å². The van der Waals surface area contributed by atoms with Crippen LogP contribution in [0.4, 0.5) is 5.82 Å². The molecule has 0 fully saturated rings. The van der Waals surface area contributed by atoms with Crippen LogP contribution in [0.1, 0.15) is 30.2 Å². The van der Waals surface area contributed by atoms with Crippen LogP contribution in [0.3, 0.4) is 0 Å². The van der Waals surface area contributed by atoms with E-state index in [0.717, 1.165) is 37.6 Å². The van der Waals surface area contributed by atoms with Crippen molar-refractivity contribution < 1.29 is 0 Å². The molecule has 0 saturated heterocycles. The maximum atomic E-state index is 4.73. The van der Waals surface area contributed by atoms with Gasteiger partial charge in [-0.3, -0.25) is 0 Å². The van der Waals surface area contributed by atoms with Crippen LogP contribution < -0.4 is 10.2 Å². The van der Waals surface area contributed by atoms with Crippen LogP contribution in [-0.2, 0) is 13.1 Å². The average molecular weight is 368 g/mol. The number of nitrogens with zero attached hydrogens (tertiary/aromatic N) is 2. The molecule has 0 aliphatic carbocycles. The summed E-state index contributed by atoms with van der Waals surface area (Å²) in [5, 5.41) is 5.60. The largest absolute Gasteiger partial charge is 0.355 e. The molecule has 2 heterocycles. The topological polar surface area (TPSA) is 28.2 Å². The summed E-state index contributed by atoms with van der Waals surface area (Å²) in [4.78, 5) is 6.92. The number of thiophene rings is 1. The summed E-state index contributed by atoms with van der Waals surface area (Å²) in [5.74, 6) is 1.02. The van der Waals surface area contributed by atoms with Crippen molar-refractivity contribution >= 4 is 33.1 Å². The van der Waals surface area contributed by atoms with Crippen LogP contribution in [0.5, 0.6) is 0 Å². The third-order valence-electron chi connectivity index (χ3n) is 3.36. The SMILES string of the molecule is CCCNCc1ccc(N(C)Cc2csc(Br)c2)nc1C. The molecule has 5 heteroatoms. The molecule has 2 aromatic heterocycles. The minimum atomic E-state index is 0.877. The first-order valence-electron chi connectivity index (χ1n) is 7.21. The van der Waals surface area contributed by atoms with Gasteiger partial charge >= 0.3 is 0 Å². The van der Waals surface area contributed by atoms with E-state index < -0.39 is 0 Å². The molecule has 2 rings (SSSR count). The summed E-state index contributed by atoms with van der Waals surface area (Å²) in [5.41, 5.74) is 3.69. The van der Waals surface area contributed by atoms with Crippen LogP contribution in [0.25, 0.3) is 0 Å². The molecular formula is C16H22BrN3S. The Labute approximate surface area is 139 Å². The van der Waals surface area contributed by atoms with Gasteiger partial charge in [-0.25, -0.2) is 4.98 Å². The van der Waals surface area contributed by atoms with E-state index >= 15 is 0 Å². The summed E-state index contributed by atoms with van der Waals surface area (Å²) in [7, 11) is 2.09. The highest BCUT2D eigenvalue weighted by atomic mass is 79.9. The van der Waals surface area contributed by atoms with Gasteiger partial charge in [-0.15, -0.1) is 11.3 Å². The van der Waals surface area contributed by atoms with Crippen molar-refractivity contribution in [3.63, 3.8) is 0 Å². The minimum absolute atomic E-state index is 0.877. The standard InChI is InChI=1S/C16H22BrN3S/c1-4-7-18-9-14-5-6-16(19-12(14)2)20(3)10-13-8-15(17)21-11-13/h5-6,8,11,18H,4,7,9-10H2,1-3H3. The van der Waals surface area contributed by atoms with Crippen molar-refractivity contribution in [3.05, 3.63) is 44.2 Å². The van der Waals surface area contributed by atoms with E-state index in [2.05, 4.69) is 70.6 Å². The molecule has 0 bridgehead atoms. The fraction of sp³-hybridized carbons (Fsp3) is 0.438. The quantitative estimate of drug-likeness (QED) is 0.737. The van der Waals surface area contributed by atoms with Crippen LogP contribution in [-0.4, -0.2) is 18.6 Å². The zero-order valence-corrected chi connectivity index (χ0v) is 15.2. The number of hydrogen-bond acceptors (Lipinski definition) is 4. The van der Waals surface area contributed by atoms with Crippen molar-refractivity contribution in [2.24, 2.45) is 0 Å². The highest BCUT2D eigenvalue weighted by molar-refractivity contribution is 9.11. The second-order valence-electron chi connectivity index (χ2n) is 5.21. The minimum Gasteiger partial charge on any atom is -0.355 e. The Morgan fingerprint density at radius 2 is 2.19 bits per heavy atom. The van der Waals surface area contributed by atoms with Gasteiger partial charge < -0.3 is 10.2 Å². The Bertz CT molecular complexity index is 583. The van der Waals surface area contributed by atoms with Crippen molar-refractivity contribution in [1.29, 1.82) is 0 Å². The number of aromatic nitrogens is 1. The van der Waals surface area contributed by atoms with E-state index in [1.54, 1.807) is 11.3 Å². The Hall–Kier alpha value is -0.910. The summed E-state index contributed by atoms with van der Waals surface area (Å²) >= 11 is 5.23. The smallest absolute Gasteiger partial charge is 0.128 e. The van der Waals surface area contributed by atoms with E-state index in [4.69, 9.17) is 4.98 Å². The Kier molecular flexibility index (Phi) is 6.21. The van der Waals surface area contributed by atoms with Gasteiger partial charge in [-0.2, -0.15) is 0 Å². The molecule has 0 unspecified atom stereocenters. The number of hydrogen-bond donors (Lipinski definition) is 1. The molecule has 114 valence electrons. The maximum absolute atomic E-state index is 4.73. The first kappa shape index (κ1) is 16.5. The summed E-state index contributed by atoms with van der Waals surface area (Å²) in [6.07, 6.45) is 1.16. The zero-order valence-electron chi connectivity index (χ0n) is 12.8. The Balaban J connectivity index is 2.01. The van der Waals surface area contributed by atoms with Crippen molar-refractivity contribution in [1.82, 2.24) is 10.3 Å². The number of rotatable bonds is 7. The fourth-order valence-electron chi connectivity index (χ4n) is 2.16. The summed E-state index contributed by atoms with van der Waals surface area (Å²) in [6.45, 7) is 7.09. The highest BCUT2D eigenvalue weighted by Gasteiger charge is 2.07. The molecule has 0 aliphatic heterocycles. The number of halogens is 1. The number of aryl methyl sites for hydroxylation is 1.